The standard InChI is InChI=1S/C25H28N2O5S/c1-33-11-10-27(14-23(28)29)24(30)16-12-17(13-16)26-25(31)32-15-22-20-8-4-2-6-18(20)19-7-3-5-9-21(19)22/h2-9,16-17,22H,10-15H2,1H3,(H,26,31)(H,28,29). The molecule has 1 fully saturated rings. The molecule has 0 saturated heterocycles. The lowest BCUT2D eigenvalue weighted by atomic mass is 9.79. The molecule has 4 rings (SSSR count). The minimum atomic E-state index is -1.02. The number of nitrogens with one attached hydrogen (secondary N) is 1. The van der Waals surface area contributed by atoms with Crippen LogP contribution in [0.2, 0.25) is 0 Å². The Bertz CT molecular complexity index is 991. The number of amides is 2. The van der Waals surface area contributed by atoms with E-state index in [1.54, 1.807) is 11.8 Å². The summed E-state index contributed by atoms with van der Waals surface area (Å²) in [6.07, 6.45) is 2.43. The molecule has 33 heavy (non-hydrogen) atoms. The molecule has 2 aromatic carbocycles. The Labute approximate surface area is 197 Å². The van der Waals surface area contributed by atoms with Crippen LogP contribution in [0.4, 0.5) is 4.79 Å². The summed E-state index contributed by atoms with van der Waals surface area (Å²) in [5.41, 5.74) is 4.67. The number of benzene rings is 2. The third-order valence-electron chi connectivity index (χ3n) is 6.36. The smallest absolute Gasteiger partial charge is 0.407 e. The average Bonchev–Trinajstić information content (AvgIpc) is 3.10. The number of hydrogen-bond donors (Lipinski definition) is 2. The molecule has 0 radical (unpaired) electrons. The first-order valence-corrected chi connectivity index (χ1v) is 12.5. The predicted molar refractivity (Wildman–Crippen MR) is 127 cm³/mol. The highest BCUT2D eigenvalue weighted by molar-refractivity contribution is 7.98. The quantitative estimate of drug-likeness (QED) is 0.584. The Hall–Kier alpha value is -3.00. The summed E-state index contributed by atoms with van der Waals surface area (Å²) in [6, 6.07) is 16.2. The number of alkyl carbamates (subject to hydrolysis) is 1. The van der Waals surface area contributed by atoms with Crippen molar-refractivity contribution in [2.45, 2.75) is 24.8 Å². The molecular weight excluding hydrogens is 440 g/mol. The van der Waals surface area contributed by atoms with Crippen LogP contribution in [0.5, 0.6) is 0 Å². The molecular formula is C25H28N2O5S. The maximum absolute atomic E-state index is 12.6. The van der Waals surface area contributed by atoms with Gasteiger partial charge in [0.05, 0.1) is 0 Å². The highest BCUT2D eigenvalue weighted by atomic mass is 32.2. The number of carboxylic acids is 1. The van der Waals surface area contributed by atoms with E-state index in [0.717, 1.165) is 11.1 Å². The highest BCUT2D eigenvalue weighted by Crippen LogP contribution is 2.44. The lowest BCUT2D eigenvalue weighted by Crippen LogP contribution is -2.51. The zero-order chi connectivity index (χ0) is 23.4. The monoisotopic (exact) mass is 468 g/mol. The number of fused-ring (bicyclic) bond motifs is 3. The first-order valence-electron chi connectivity index (χ1n) is 11.1. The topological polar surface area (TPSA) is 95.9 Å². The van der Waals surface area contributed by atoms with Gasteiger partial charge in [-0.15, -0.1) is 0 Å². The SMILES string of the molecule is CSCCN(CC(=O)O)C(=O)C1CC(NC(=O)OCC2c3ccccc3-c3ccccc32)C1. The molecule has 1 saturated carbocycles. The fourth-order valence-corrected chi connectivity index (χ4v) is 5.04. The fourth-order valence-electron chi connectivity index (χ4n) is 4.63. The minimum absolute atomic E-state index is 0.000112. The lowest BCUT2D eigenvalue weighted by Gasteiger charge is -2.37. The summed E-state index contributed by atoms with van der Waals surface area (Å²) < 4.78 is 5.57. The molecule has 2 aromatic rings. The van der Waals surface area contributed by atoms with Gasteiger partial charge in [-0.05, 0) is 41.4 Å². The Kier molecular flexibility index (Phi) is 7.23. The number of ether oxygens (including phenoxy) is 1. The molecule has 2 amide bonds. The van der Waals surface area contributed by atoms with E-state index in [-0.39, 0.29) is 36.9 Å². The molecule has 0 unspecified atom stereocenters. The average molecular weight is 469 g/mol. The molecule has 0 aromatic heterocycles. The van der Waals surface area contributed by atoms with Gasteiger partial charge < -0.3 is 20.1 Å². The van der Waals surface area contributed by atoms with Crippen molar-refractivity contribution < 1.29 is 24.2 Å². The third kappa shape index (κ3) is 5.16. The van der Waals surface area contributed by atoms with Crippen LogP contribution < -0.4 is 5.32 Å². The molecule has 8 heteroatoms. The summed E-state index contributed by atoms with van der Waals surface area (Å²) in [5.74, 6) is -0.744. The molecule has 0 atom stereocenters. The van der Waals surface area contributed by atoms with E-state index in [1.807, 2.05) is 30.5 Å². The molecule has 0 bridgehead atoms. The molecule has 0 aliphatic heterocycles. The Balaban J connectivity index is 1.27. The van der Waals surface area contributed by atoms with E-state index < -0.39 is 12.1 Å². The van der Waals surface area contributed by atoms with Crippen LogP contribution in [0.15, 0.2) is 48.5 Å². The van der Waals surface area contributed by atoms with Crippen LogP contribution >= 0.6 is 11.8 Å². The van der Waals surface area contributed by atoms with Gasteiger partial charge in [0.2, 0.25) is 5.91 Å². The highest BCUT2D eigenvalue weighted by Gasteiger charge is 2.38. The van der Waals surface area contributed by atoms with Gasteiger partial charge in [-0.3, -0.25) is 9.59 Å². The number of thioether (sulfide) groups is 1. The van der Waals surface area contributed by atoms with E-state index in [2.05, 4.69) is 29.6 Å². The Morgan fingerprint density at radius 1 is 1.06 bits per heavy atom. The molecule has 2 N–H and O–H groups in total. The molecule has 0 spiro atoms. The second-order valence-electron chi connectivity index (χ2n) is 8.48. The van der Waals surface area contributed by atoms with Crippen molar-refractivity contribution in [3.8, 4) is 11.1 Å². The second-order valence-corrected chi connectivity index (χ2v) is 9.47. The Morgan fingerprint density at radius 3 is 2.24 bits per heavy atom. The number of aliphatic carboxylic acids is 1. The van der Waals surface area contributed by atoms with Gasteiger partial charge in [0.25, 0.3) is 0 Å². The van der Waals surface area contributed by atoms with Crippen LogP contribution in [-0.2, 0) is 14.3 Å². The number of carboxylic acid groups (broad SMARTS) is 1. The summed E-state index contributed by atoms with van der Waals surface area (Å²) in [5, 5.41) is 11.9. The zero-order valence-corrected chi connectivity index (χ0v) is 19.3. The van der Waals surface area contributed by atoms with Crippen LogP contribution in [0.1, 0.15) is 29.9 Å². The summed E-state index contributed by atoms with van der Waals surface area (Å²) in [7, 11) is 0. The predicted octanol–water partition coefficient (Wildman–Crippen LogP) is 3.58. The number of nitrogens with zero attached hydrogens (tertiary/aromatic N) is 1. The van der Waals surface area contributed by atoms with Gasteiger partial charge in [-0.25, -0.2) is 4.79 Å². The second kappa shape index (κ2) is 10.3. The van der Waals surface area contributed by atoms with E-state index >= 15 is 0 Å². The van der Waals surface area contributed by atoms with Crippen LogP contribution in [0.3, 0.4) is 0 Å². The van der Waals surface area contributed by atoms with Gasteiger partial charge in [0.15, 0.2) is 0 Å². The van der Waals surface area contributed by atoms with Gasteiger partial charge in [0.1, 0.15) is 13.2 Å². The van der Waals surface area contributed by atoms with Crippen molar-refractivity contribution >= 4 is 29.7 Å². The van der Waals surface area contributed by atoms with Gasteiger partial charge in [0, 0.05) is 30.2 Å². The summed E-state index contributed by atoms with van der Waals surface area (Å²) in [6.45, 7) is 0.365. The van der Waals surface area contributed by atoms with Crippen molar-refractivity contribution in [3.05, 3.63) is 59.7 Å². The number of rotatable bonds is 9. The van der Waals surface area contributed by atoms with Crippen LogP contribution in [0.25, 0.3) is 11.1 Å². The molecule has 2 aliphatic rings. The first-order chi connectivity index (χ1) is 16.0. The fraction of sp³-hybridized carbons (Fsp3) is 0.400. The molecule has 0 heterocycles. The van der Waals surface area contributed by atoms with E-state index in [1.165, 1.54) is 16.0 Å². The first kappa shape index (κ1) is 23.2. The summed E-state index contributed by atoms with van der Waals surface area (Å²) in [4.78, 5) is 37.5. The van der Waals surface area contributed by atoms with Gasteiger partial charge in [-0.2, -0.15) is 11.8 Å². The van der Waals surface area contributed by atoms with E-state index in [9.17, 15) is 14.4 Å². The van der Waals surface area contributed by atoms with Crippen molar-refractivity contribution in [1.82, 2.24) is 10.2 Å². The maximum atomic E-state index is 12.6. The van der Waals surface area contributed by atoms with Crippen LogP contribution in [0, 0.1) is 5.92 Å². The van der Waals surface area contributed by atoms with E-state index in [4.69, 9.17) is 9.84 Å². The Morgan fingerprint density at radius 2 is 1.67 bits per heavy atom. The van der Waals surface area contributed by atoms with Gasteiger partial charge in [-0.1, -0.05) is 48.5 Å². The zero-order valence-electron chi connectivity index (χ0n) is 18.5. The number of hydrogen-bond acceptors (Lipinski definition) is 5. The van der Waals surface area contributed by atoms with Crippen LogP contribution in [-0.4, -0.2) is 65.7 Å². The van der Waals surface area contributed by atoms with Crippen molar-refractivity contribution in [2.24, 2.45) is 5.92 Å². The van der Waals surface area contributed by atoms with Crippen molar-refractivity contribution in [2.75, 3.05) is 31.7 Å². The van der Waals surface area contributed by atoms with Gasteiger partial charge >= 0.3 is 12.1 Å². The largest absolute Gasteiger partial charge is 0.480 e. The number of carbonyl (C=O) groups is 3. The maximum Gasteiger partial charge on any atom is 0.407 e. The number of carbonyl (C=O) groups excluding carboxylic acids is 2. The lowest BCUT2D eigenvalue weighted by molar-refractivity contribution is -0.147. The summed E-state index contributed by atoms with van der Waals surface area (Å²) >= 11 is 1.57. The molecule has 7 nitrogen and oxygen atoms in total. The normalized spacial score (nSPS) is 18.6. The van der Waals surface area contributed by atoms with Crippen molar-refractivity contribution in [3.63, 3.8) is 0 Å². The van der Waals surface area contributed by atoms with Crippen molar-refractivity contribution in [1.29, 1.82) is 0 Å². The van der Waals surface area contributed by atoms with E-state index in [0.29, 0.717) is 25.1 Å². The molecule has 174 valence electrons. The molecule has 2 aliphatic carbocycles. The minimum Gasteiger partial charge on any atom is -0.480 e. The third-order valence-corrected chi connectivity index (χ3v) is 6.95.